The van der Waals surface area contributed by atoms with Gasteiger partial charge in [-0.2, -0.15) is 4.31 Å². The van der Waals surface area contributed by atoms with E-state index in [2.05, 4.69) is 5.32 Å². The van der Waals surface area contributed by atoms with Crippen LogP contribution in [0.25, 0.3) is 0 Å². The number of carbonyl (C=O) groups excluding carboxylic acids is 1. The van der Waals surface area contributed by atoms with Crippen molar-refractivity contribution in [1.29, 1.82) is 0 Å². The number of anilines is 1. The van der Waals surface area contributed by atoms with Gasteiger partial charge in [-0.15, -0.1) is 0 Å². The van der Waals surface area contributed by atoms with Gasteiger partial charge in [0.05, 0.1) is 17.6 Å². The molecular weight excluding hydrogens is 364 g/mol. The van der Waals surface area contributed by atoms with Crippen molar-refractivity contribution in [1.82, 2.24) is 4.31 Å². The highest BCUT2D eigenvalue weighted by molar-refractivity contribution is 7.89. The molecule has 27 heavy (non-hydrogen) atoms. The van der Waals surface area contributed by atoms with E-state index in [-0.39, 0.29) is 10.8 Å². The van der Waals surface area contributed by atoms with Crippen molar-refractivity contribution in [2.45, 2.75) is 31.6 Å². The largest absolute Gasteiger partial charge is 0.496 e. The van der Waals surface area contributed by atoms with Gasteiger partial charge in [0.2, 0.25) is 10.0 Å². The van der Waals surface area contributed by atoms with Gasteiger partial charge >= 0.3 is 0 Å². The van der Waals surface area contributed by atoms with Crippen LogP contribution in [0.5, 0.6) is 5.75 Å². The van der Waals surface area contributed by atoms with E-state index >= 15 is 0 Å². The van der Waals surface area contributed by atoms with Gasteiger partial charge in [-0.05, 0) is 49.2 Å². The topological polar surface area (TPSA) is 75.7 Å². The molecule has 2 rings (SSSR count). The molecule has 0 aliphatic rings. The Morgan fingerprint density at radius 2 is 1.59 bits per heavy atom. The van der Waals surface area contributed by atoms with Crippen molar-refractivity contribution in [3.63, 3.8) is 0 Å². The third-order valence-electron chi connectivity index (χ3n) is 4.05. The van der Waals surface area contributed by atoms with Gasteiger partial charge in [0.1, 0.15) is 5.75 Å². The highest BCUT2D eigenvalue weighted by atomic mass is 32.2. The SMILES string of the molecule is CCCN(CCC)S(=O)(=O)c1ccc(NC(=O)c2ccccc2OC)cc1. The number of nitrogens with one attached hydrogen (secondary N) is 1. The molecule has 0 aliphatic carbocycles. The summed E-state index contributed by atoms with van der Waals surface area (Å²) in [6.45, 7) is 4.88. The summed E-state index contributed by atoms with van der Waals surface area (Å²) in [4.78, 5) is 12.7. The van der Waals surface area contributed by atoms with Crippen LogP contribution >= 0.6 is 0 Å². The summed E-state index contributed by atoms with van der Waals surface area (Å²) in [5.41, 5.74) is 0.927. The minimum absolute atomic E-state index is 0.222. The van der Waals surface area contributed by atoms with Crippen LogP contribution in [0.3, 0.4) is 0 Å². The first-order chi connectivity index (χ1) is 12.9. The third-order valence-corrected chi connectivity index (χ3v) is 5.96. The minimum Gasteiger partial charge on any atom is -0.496 e. The van der Waals surface area contributed by atoms with Gasteiger partial charge in [-0.1, -0.05) is 26.0 Å². The van der Waals surface area contributed by atoms with Crippen molar-refractivity contribution in [2.24, 2.45) is 0 Å². The first-order valence-electron chi connectivity index (χ1n) is 8.98. The van der Waals surface area contributed by atoms with Crippen molar-refractivity contribution >= 4 is 21.6 Å². The maximum absolute atomic E-state index is 12.8. The predicted octanol–water partition coefficient (Wildman–Crippen LogP) is 3.76. The van der Waals surface area contributed by atoms with Crippen molar-refractivity contribution in [3.8, 4) is 5.75 Å². The molecule has 0 saturated heterocycles. The maximum Gasteiger partial charge on any atom is 0.259 e. The number of hydrogen-bond donors (Lipinski definition) is 1. The van der Waals surface area contributed by atoms with Crippen LogP contribution in [0.4, 0.5) is 5.69 Å². The number of methoxy groups -OCH3 is 1. The van der Waals surface area contributed by atoms with Gasteiger partial charge in [-0.25, -0.2) is 8.42 Å². The molecule has 0 spiro atoms. The quantitative estimate of drug-likeness (QED) is 0.707. The molecular formula is C20H26N2O4S. The molecule has 7 heteroatoms. The van der Waals surface area contributed by atoms with Gasteiger partial charge < -0.3 is 10.1 Å². The molecule has 0 unspecified atom stereocenters. The van der Waals surface area contributed by atoms with Crippen LogP contribution in [-0.4, -0.2) is 38.8 Å². The zero-order chi connectivity index (χ0) is 19.9. The van der Waals surface area contributed by atoms with E-state index in [1.54, 1.807) is 36.4 Å². The average molecular weight is 391 g/mol. The minimum atomic E-state index is -3.53. The van der Waals surface area contributed by atoms with Crippen LogP contribution in [0.1, 0.15) is 37.0 Å². The monoisotopic (exact) mass is 390 g/mol. The van der Waals surface area contributed by atoms with Crippen LogP contribution < -0.4 is 10.1 Å². The first kappa shape index (κ1) is 20.9. The van der Waals surface area contributed by atoms with E-state index in [0.29, 0.717) is 30.1 Å². The lowest BCUT2D eigenvalue weighted by Gasteiger charge is -2.21. The fourth-order valence-electron chi connectivity index (χ4n) is 2.74. The highest BCUT2D eigenvalue weighted by Gasteiger charge is 2.23. The number of amides is 1. The predicted molar refractivity (Wildman–Crippen MR) is 107 cm³/mol. The molecule has 0 aromatic heterocycles. The maximum atomic E-state index is 12.8. The lowest BCUT2D eigenvalue weighted by atomic mass is 10.2. The number of benzene rings is 2. The summed E-state index contributed by atoms with van der Waals surface area (Å²) in [6, 6.07) is 13.1. The lowest BCUT2D eigenvalue weighted by Crippen LogP contribution is -2.32. The molecule has 2 aromatic rings. The molecule has 146 valence electrons. The summed E-state index contributed by atoms with van der Waals surface area (Å²) in [5.74, 6) is 0.158. The van der Waals surface area contributed by atoms with Gasteiger partial charge in [-0.3, -0.25) is 4.79 Å². The third kappa shape index (κ3) is 5.08. The van der Waals surface area contributed by atoms with E-state index in [1.165, 1.54) is 23.5 Å². The molecule has 0 fully saturated rings. The Labute approximate surface area is 161 Å². The molecule has 0 aliphatic heterocycles. The average Bonchev–Trinajstić information content (AvgIpc) is 2.68. The van der Waals surface area contributed by atoms with E-state index in [0.717, 1.165) is 12.8 Å². The summed E-state index contributed by atoms with van der Waals surface area (Å²) >= 11 is 0. The van der Waals surface area contributed by atoms with Crippen LogP contribution in [0, 0.1) is 0 Å². The fourth-order valence-corrected chi connectivity index (χ4v) is 4.36. The van der Waals surface area contributed by atoms with Crippen molar-refractivity contribution in [2.75, 3.05) is 25.5 Å². The number of ether oxygens (including phenoxy) is 1. The number of hydrogen-bond acceptors (Lipinski definition) is 4. The molecule has 0 bridgehead atoms. The Balaban J connectivity index is 2.18. The summed E-state index contributed by atoms with van der Waals surface area (Å²) in [5, 5.41) is 2.76. The number of rotatable bonds is 9. The Bertz CT molecular complexity index is 858. The second kappa shape index (κ2) is 9.53. The lowest BCUT2D eigenvalue weighted by molar-refractivity contribution is 0.102. The number of para-hydroxylation sites is 1. The van der Waals surface area contributed by atoms with E-state index in [9.17, 15) is 13.2 Å². The second-order valence-corrected chi connectivity index (χ2v) is 8.02. The molecule has 1 amide bonds. The first-order valence-corrected chi connectivity index (χ1v) is 10.4. The number of carbonyl (C=O) groups is 1. The standard InChI is InChI=1S/C20H26N2O4S/c1-4-14-22(15-5-2)27(24,25)17-12-10-16(11-13-17)21-20(23)18-8-6-7-9-19(18)26-3/h6-13H,4-5,14-15H2,1-3H3,(H,21,23). The molecule has 0 heterocycles. The molecule has 0 radical (unpaired) electrons. The Kier molecular flexibility index (Phi) is 7.38. The van der Waals surface area contributed by atoms with Crippen molar-refractivity contribution < 1.29 is 17.9 Å². The second-order valence-electron chi connectivity index (χ2n) is 6.08. The molecule has 0 saturated carbocycles. The zero-order valence-electron chi connectivity index (χ0n) is 15.9. The number of sulfonamides is 1. The Morgan fingerprint density at radius 3 is 2.15 bits per heavy atom. The van der Waals surface area contributed by atoms with E-state index in [1.807, 2.05) is 13.8 Å². The van der Waals surface area contributed by atoms with E-state index in [4.69, 9.17) is 4.74 Å². The number of nitrogens with zero attached hydrogens (tertiary/aromatic N) is 1. The highest BCUT2D eigenvalue weighted by Crippen LogP contribution is 2.22. The Hall–Kier alpha value is -2.38. The van der Waals surface area contributed by atoms with Gasteiger partial charge in [0.25, 0.3) is 5.91 Å². The molecule has 6 nitrogen and oxygen atoms in total. The summed E-state index contributed by atoms with van der Waals surface area (Å²) < 4.78 is 32.2. The zero-order valence-corrected chi connectivity index (χ0v) is 16.8. The smallest absolute Gasteiger partial charge is 0.259 e. The fraction of sp³-hybridized carbons (Fsp3) is 0.350. The normalized spacial score (nSPS) is 11.4. The molecule has 2 aromatic carbocycles. The Morgan fingerprint density at radius 1 is 1.00 bits per heavy atom. The molecule has 0 atom stereocenters. The van der Waals surface area contributed by atoms with E-state index < -0.39 is 10.0 Å². The van der Waals surface area contributed by atoms with Crippen LogP contribution in [0.15, 0.2) is 53.4 Å². The molecule has 1 N–H and O–H groups in total. The summed E-state index contributed by atoms with van der Waals surface area (Å²) in [7, 11) is -2.03. The van der Waals surface area contributed by atoms with Gasteiger partial charge in [0, 0.05) is 18.8 Å². The van der Waals surface area contributed by atoms with Gasteiger partial charge in [0.15, 0.2) is 0 Å². The van der Waals surface area contributed by atoms with Crippen molar-refractivity contribution in [3.05, 3.63) is 54.1 Å². The van der Waals surface area contributed by atoms with Crippen LogP contribution in [-0.2, 0) is 10.0 Å². The summed E-state index contributed by atoms with van der Waals surface area (Å²) in [6.07, 6.45) is 1.51. The van der Waals surface area contributed by atoms with Crippen LogP contribution in [0.2, 0.25) is 0 Å².